The molecule has 1 N–H and O–H groups in total. The second-order valence-corrected chi connectivity index (χ2v) is 5.33. The summed E-state index contributed by atoms with van der Waals surface area (Å²) in [5.41, 5.74) is 0.181. The largest absolute Gasteiger partial charge is 0.385 e. The van der Waals surface area contributed by atoms with Crippen LogP contribution >= 0.6 is 15.9 Å². The number of methoxy groups -OCH3 is 1. The molecule has 1 aromatic rings. The molecule has 90 valence electrons. The number of halogens is 1. The van der Waals surface area contributed by atoms with Gasteiger partial charge in [-0.25, -0.2) is 9.97 Å². The van der Waals surface area contributed by atoms with Gasteiger partial charge in [-0.3, -0.25) is 0 Å². The van der Waals surface area contributed by atoms with E-state index in [0.717, 1.165) is 29.9 Å². The van der Waals surface area contributed by atoms with E-state index in [1.54, 1.807) is 13.3 Å². The molecule has 0 aliphatic carbocycles. The molecule has 0 fully saturated rings. The minimum Gasteiger partial charge on any atom is -0.385 e. The fourth-order valence-electron chi connectivity index (χ4n) is 1.23. The predicted molar refractivity (Wildman–Crippen MR) is 68.5 cm³/mol. The summed E-state index contributed by atoms with van der Waals surface area (Å²) in [7, 11) is 1.73. The van der Waals surface area contributed by atoms with Crippen molar-refractivity contribution in [3.8, 4) is 0 Å². The van der Waals surface area contributed by atoms with Crippen LogP contribution in [0.4, 0.5) is 5.82 Å². The first-order valence-corrected chi connectivity index (χ1v) is 6.03. The van der Waals surface area contributed by atoms with E-state index >= 15 is 0 Å². The van der Waals surface area contributed by atoms with E-state index in [9.17, 15) is 0 Å². The van der Waals surface area contributed by atoms with Crippen LogP contribution in [0.2, 0.25) is 0 Å². The zero-order valence-corrected chi connectivity index (χ0v) is 11.5. The molecule has 4 nitrogen and oxygen atoms in total. The number of aromatic nitrogens is 2. The van der Waals surface area contributed by atoms with Crippen molar-refractivity contribution in [2.24, 2.45) is 5.41 Å². The Morgan fingerprint density at radius 3 is 2.88 bits per heavy atom. The van der Waals surface area contributed by atoms with Gasteiger partial charge in [0.05, 0.1) is 4.47 Å². The van der Waals surface area contributed by atoms with Crippen molar-refractivity contribution >= 4 is 21.7 Å². The summed E-state index contributed by atoms with van der Waals surface area (Å²) in [6.45, 7) is 6.04. The van der Waals surface area contributed by atoms with E-state index in [1.807, 2.05) is 0 Å². The second kappa shape index (κ2) is 6.15. The van der Waals surface area contributed by atoms with Crippen LogP contribution in [0.3, 0.4) is 0 Å². The number of rotatable bonds is 6. The first-order chi connectivity index (χ1) is 7.55. The highest BCUT2D eigenvalue weighted by Crippen LogP contribution is 2.23. The average Bonchev–Trinajstić information content (AvgIpc) is 2.26. The monoisotopic (exact) mass is 287 g/mol. The van der Waals surface area contributed by atoms with Crippen LogP contribution in [0.15, 0.2) is 17.0 Å². The number of anilines is 1. The van der Waals surface area contributed by atoms with E-state index in [0.29, 0.717) is 0 Å². The quantitative estimate of drug-likeness (QED) is 0.874. The average molecular weight is 288 g/mol. The smallest absolute Gasteiger partial charge is 0.143 e. The van der Waals surface area contributed by atoms with Crippen LogP contribution in [0.5, 0.6) is 0 Å². The molecular weight excluding hydrogens is 270 g/mol. The Hall–Kier alpha value is -0.680. The summed E-state index contributed by atoms with van der Waals surface area (Å²) < 4.78 is 5.98. The maximum atomic E-state index is 5.09. The van der Waals surface area contributed by atoms with E-state index < -0.39 is 0 Å². The van der Waals surface area contributed by atoms with Crippen LogP contribution in [0, 0.1) is 5.41 Å². The molecule has 0 aliphatic heterocycles. The van der Waals surface area contributed by atoms with Crippen molar-refractivity contribution in [2.45, 2.75) is 20.3 Å². The summed E-state index contributed by atoms with van der Waals surface area (Å²) in [5, 5.41) is 3.31. The van der Waals surface area contributed by atoms with Gasteiger partial charge >= 0.3 is 0 Å². The Balaban J connectivity index is 2.47. The molecule has 1 rings (SSSR count). The molecule has 1 heterocycles. The highest BCUT2D eigenvalue weighted by Gasteiger charge is 2.17. The molecule has 1 aromatic heterocycles. The molecule has 0 bridgehead atoms. The van der Waals surface area contributed by atoms with Gasteiger partial charge in [0.15, 0.2) is 0 Å². The Kier molecular flexibility index (Phi) is 5.15. The third-order valence-corrected chi connectivity index (χ3v) is 2.97. The van der Waals surface area contributed by atoms with E-state index in [4.69, 9.17) is 4.74 Å². The molecule has 16 heavy (non-hydrogen) atoms. The maximum absolute atomic E-state index is 5.09. The third kappa shape index (κ3) is 4.45. The lowest BCUT2D eigenvalue weighted by Gasteiger charge is -2.25. The Morgan fingerprint density at radius 2 is 2.25 bits per heavy atom. The maximum Gasteiger partial charge on any atom is 0.143 e. The van der Waals surface area contributed by atoms with Gasteiger partial charge in [-0.05, 0) is 27.8 Å². The van der Waals surface area contributed by atoms with Gasteiger partial charge in [-0.15, -0.1) is 0 Å². The van der Waals surface area contributed by atoms with Crippen LogP contribution in [0.25, 0.3) is 0 Å². The van der Waals surface area contributed by atoms with E-state index in [1.165, 1.54) is 6.33 Å². The lowest BCUT2D eigenvalue weighted by atomic mass is 9.90. The predicted octanol–water partition coefficient (Wildman–Crippen LogP) is 2.71. The van der Waals surface area contributed by atoms with Gasteiger partial charge in [0, 0.05) is 26.5 Å². The topological polar surface area (TPSA) is 47.0 Å². The fraction of sp³-hybridized carbons (Fsp3) is 0.636. The SMILES string of the molecule is COCCC(C)(C)CNc1ncncc1Br. The zero-order chi connectivity index (χ0) is 12.0. The summed E-state index contributed by atoms with van der Waals surface area (Å²) in [6, 6.07) is 0. The van der Waals surface area contributed by atoms with E-state index in [-0.39, 0.29) is 5.41 Å². The van der Waals surface area contributed by atoms with E-state index in [2.05, 4.69) is 45.1 Å². The zero-order valence-electron chi connectivity index (χ0n) is 9.96. The molecular formula is C11H18BrN3O. The first-order valence-electron chi connectivity index (χ1n) is 5.23. The molecule has 5 heteroatoms. The number of nitrogens with one attached hydrogen (secondary N) is 1. The Bertz CT molecular complexity index is 331. The second-order valence-electron chi connectivity index (χ2n) is 4.48. The van der Waals surface area contributed by atoms with Gasteiger partial charge < -0.3 is 10.1 Å². The normalized spacial score (nSPS) is 11.5. The summed E-state index contributed by atoms with van der Waals surface area (Å²) in [4.78, 5) is 8.08. The number of hydrogen-bond acceptors (Lipinski definition) is 4. The van der Waals surface area contributed by atoms with Gasteiger partial charge in [-0.1, -0.05) is 13.8 Å². The van der Waals surface area contributed by atoms with Crippen molar-refractivity contribution in [3.05, 3.63) is 17.0 Å². The lowest BCUT2D eigenvalue weighted by molar-refractivity contribution is 0.157. The van der Waals surface area contributed by atoms with Crippen LogP contribution in [0.1, 0.15) is 20.3 Å². The third-order valence-electron chi connectivity index (χ3n) is 2.38. The molecule has 0 radical (unpaired) electrons. The minimum atomic E-state index is 0.181. The molecule has 0 aliphatic rings. The molecule has 0 spiro atoms. The standard InChI is InChI=1S/C11H18BrN3O/c1-11(2,4-5-16-3)7-14-10-9(12)6-13-8-15-10/h6,8H,4-5,7H2,1-3H3,(H,13,14,15). The van der Waals surface area contributed by atoms with Gasteiger partial charge in [0.1, 0.15) is 12.1 Å². The highest BCUT2D eigenvalue weighted by atomic mass is 79.9. The van der Waals surface area contributed by atoms with Crippen LogP contribution in [-0.4, -0.2) is 30.2 Å². The first kappa shape index (κ1) is 13.4. The van der Waals surface area contributed by atoms with Crippen molar-refractivity contribution in [1.29, 1.82) is 0 Å². The van der Waals surface area contributed by atoms with Gasteiger partial charge in [0.2, 0.25) is 0 Å². The number of ether oxygens (including phenoxy) is 1. The van der Waals surface area contributed by atoms with Crippen LogP contribution in [-0.2, 0) is 4.74 Å². The molecule has 0 aromatic carbocycles. The number of hydrogen-bond donors (Lipinski definition) is 1. The van der Waals surface area contributed by atoms with Gasteiger partial charge in [0.25, 0.3) is 0 Å². The minimum absolute atomic E-state index is 0.181. The lowest BCUT2D eigenvalue weighted by Crippen LogP contribution is -2.25. The summed E-state index contributed by atoms with van der Waals surface area (Å²) in [5.74, 6) is 0.834. The Labute approximate surface area is 105 Å². The molecule has 0 saturated carbocycles. The van der Waals surface area contributed by atoms with Crippen LogP contribution < -0.4 is 5.32 Å². The molecule has 0 saturated heterocycles. The summed E-state index contributed by atoms with van der Waals surface area (Å²) in [6.07, 6.45) is 4.28. The molecule has 0 amide bonds. The van der Waals surface area contributed by atoms with Crippen molar-refractivity contribution in [2.75, 3.05) is 25.6 Å². The van der Waals surface area contributed by atoms with Gasteiger partial charge in [-0.2, -0.15) is 0 Å². The molecule has 0 unspecified atom stereocenters. The Morgan fingerprint density at radius 1 is 1.50 bits per heavy atom. The van der Waals surface area contributed by atoms with Crippen molar-refractivity contribution in [1.82, 2.24) is 9.97 Å². The van der Waals surface area contributed by atoms with Crippen molar-refractivity contribution < 1.29 is 4.74 Å². The molecule has 0 atom stereocenters. The number of nitrogens with zero attached hydrogens (tertiary/aromatic N) is 2. The fourth-order valence-corrected chi connectivity index (χ4v) is 1.59. The van der Waals surface area contributed by atoms with Crippen molar-refractivity contribution in [3.63, 3.8) is 0 Å². The highest BCUT2D eigenvalue weighted by molar-refractivity contribution is 9.10. The summed E-state index contributed by atoms with van der Waals surface area (Å²) >= 11 is 3.40.